The maximum atomic E-state index is 12.6. The van der Waals surface area contributed by atoms with Crippen molar-refractivity contribution in [3.8, 4) is 0 Å². The largest absolute Gasteiger partial charge is 0.479 e. The van der Waals surface area contributed by atoms with Gasteiger partial charge in [0.05, 0.1) is 0 Å². The van der Waals surface area contributed by atoms with Gasteiger partial charge in [-0.2, -0.15) is 0 Å². The van der Waals surface area contributed by atoms with Crippen LogP contribution in [0, 0.1) is 5.92 Å². The van der Waals surface area contributed by atoms with E-state index < -0.39 is 23.2 Å². The molecule has 1 unspecified atom stereocenters. The highest BCUT2D eigenvalue weighted by molar-refractivity contribution is 5.85. The number of ether oxygens (including phenoxy) is 1. The summed E-state index contributed by atoms with van der Waals surface area (Å²) in [6.45, 7) is 13.1. The van der Waals surface area contributed by atoms with E-state index in [1.807, 2.05) is 12.1 Å². The molecular formula is C20H31NO4. The fraction of sp³-hybridized carbons (Fsp3) is 0.600. The highest BCUT2D eigenvalue weighted by Crippen LogP contribution is 2.31. The summed E-state index contributed by atoms with van der Waals surface area (Å²) in [6.07, 6.45) is 0.291. The number of nitrogens with zero attached hydrogens (tertiary/aromatic N) is 1. The fourth-order valence-corrected chi connectivity index (χ4v) is 2.78. The van der Waals surface area contributed by atoms with Crippen molar-refractivity contribution in [2.24, 2.45) is 5.92 Å². The van der Waals surface area contributed by atoms with Crippen molar-refractivity contribution in [2.75, 3.05) is 6.54 Å². The van der Waals surface area contributed by atoms with Crippen LogP contribution in [-0.2, 0) is 21.5 Å². The Labute approximate surface area is 151 Å². The highest BCUT2D eigenvalue weighted by Gasteiger charge is 2.45. The van der Waals surface area contributed by atoms with Gasteiger partial charge < -0.3 is 9.84 Å². The molecule has 1 N–H and O–H groups in total. The topological polar surface area (TPSA) is 66.8 Å². The second-order valence-electron chi connectivity index (χ2n) is 7.90. The van der Waals surface area contributed by atoms with Crippen LogP contribution in [0.3, 0.4) is 0 Å². The SMILES string of the molecule is CCN(C(=O)OC(C)(C)C)C(C)(C(=O)O)c1ccc(CC(C)C)cc1. The summed E-state index contributed by atoms with van der Waals surface area (Å²) >= 11 is 0. The van der Waals surface area contributed by atoms with Crippen LogP contribution in [0.5, 0.6) is 0 Å². The predicted octanol–water partition coefficient (Wildman–Crippen LogP) is 4.44. The van der Waals surface area contributed by atoms with Gasteiger partial charge in [-0.15, -0.1) is 0 Å². The highest BCUT2D eigenvalue weighted by atomic mass is 16.6. The molecule has 0 aliphatic heterocycles. The van der Waals surface area contributed by atoms with Crippen molar-refractivity contribution in [3.63, 3.8) is 0 Å². The van der Waals surface area contributed by atoms with Gasteiger partial charge in [-0.05, 0) is 58.1 Å². The van der Waals surface area contributed by atoms with E-state index in [0.29, 0.717) is 11.5 Å². The van der Waals surface area contributed by atoms with Crippen LogP contribution in [0.25, 0.3) is 0 Å². The van der Waals surface area contributed by atoms with Crippen molar-refractivity contribution in [1.82, 2.24) is 4.90 Å². The van der Waals surface area contributed by atoms with Crippen molar-refractivity contribution in [3.05, 3.63) is 35.4 Å². The average Bonchev–Trinajstić information content (AvgIpc) is 2.45. The zero-order valence-electron chi connectivity index (χ0n) is 16.4. The monoisotopic (exact) mass is 349 g/mol. The third kappa shape index (κ3) is 5.21. The van der Waals surface area contributed by atoms with Crippen LogP contribution >= 0.6 is 0 Å². The van der Waals surface area contributed by atoms with Crippen LogP contribution in [0.1, 0.15) is 59.6 Å². The first kappa shape index (κ1) is 21.0. The molecule has 140 valence electrons. The molecular weight excluding hydrogens is 318 g/mol. The lowest BCUT2D eigenvalue weighted by Gasteiger charge is -2.38. The van der Waals surface area contributed by atoms with E-state index in [-0.39, 0.29) is 6.54 Å². The molecule has 1 aromatic rings. The second-order valence-corrected chi connectivity index (χ2v) is 7.90. The molecule has 0 aliphatic carbocycles. The molecule has 5 heteroatoms. The first-order valence-corrected chi connectivity index (χ1v) is 8.75. The standard InChI is InChI=1S/C20H31NO4/c1-8-21(18(24)25-19(4,5)6)20(7,17(22)23)16-11-9-15(10-12-16)13-14(2)3/h9-12,14H,8,13H2,1-7H3,(H,22,23). The van der Waals surface area contributed by atoms with E-state index >= 15 is 0 Å². The number of amides is 1. The van der Waals surface area contributed by atoms with E-state index in [2.05, 4.69) is 13.8 Å². The quantitative estimate of drug-likeness (QED) is 0.824. The lowest BCUT2D eigenvalue weighted by Crippen LogP contribution is -2.53. The molecule has 1 amide bonds. The minimum absolute atomic E-state index is 0.228. The van der Waals surface area contributed by atoms with Crippen molar-refractivity contribution >= 4 is 12.1 Å². The minimum atomic E-state index is -1.49. The zero-order valence-corrected chi connectivity index (χ0v) is 16.4. The van der Waals surface area contributed by atoms with Gasteiger partial charge in [0.1, 0.15) is 5.60 Å². The molecule has 0 bridgehead atoms. The Morgan fingerprint density at radius 2 is 1.64 bits per heavy atom. The fourth-order valence-electron chi connectivity index (χ4n) is 2.78. The summed E-state index contributed by atoms with van der Waals surface area (Å²) in [5.74, 6) is -0.567. The van der Waals surface area contributed by atoms with Gasteiger partial charge in [0, 0.05) is 6.54 Å². The predicted molar refractivity (Wildman–Crippen MR) is 98.6 cm³/mol. The third-order valence-electron chi connectivity index (χ3n) is 4.05. The van der Waals surface area contributed by atoms with Gasteiger partial charge in [0.15, 0.2) is 5.54 Å². The van der Waals surface area contributed by atoms with Crippen LogP contribution in [0.15, 0.2) is 24.3 Å². The van der Waals surface area contributed by atoms with Gasteiger partial charge in [-0.3, -0.25) is 4.90 Å². The Morgan fingerprint density at radius 3 is 2.00 bits per heavy atom. The maximum absolute atomic E-state index is 12.6. The molecule has 0 aromatic heterocycles. The number of hydrogen-bond donors (Lipinski definition) is 1. The molecule has 1 rings (SSSR count). The number of rotatable bonds is 6. The summed E-state index contributed by atoms with van der Waals surface area (Å²) in [5, 5.41) is 9.90. The summed E-state index contributed by atoms with van der Waals surface area (Å²) in [7, 11) is 0. The number of aliphatic carboxylic acids is 1. The first-order chi connectivity index (χ1) is 11.4. The van der Waals surface area contributed by atoms with Gasteiger partial charge in [-0.25, -0.2) is 9.59 Å². The number of carbonyl (C=O) groups is 2. The molecule has 0 saturated carbocycles. The van der Waals surface area contributed by atoms with Crippen molar-refractivity contribution in [2.45, 2.75) is 66.0 Å². The van der Waals surface area contributed by atoms with Crippen LogP contribution < -0.4 is 0 Å². The van der Waals surface area contributed by atoms with E-state index in [0.717, 1.165) is 12.0 Å². The number of carboxylic acids is 1. The molecule has 1 atom stereocenters. The Bertz CT molecular complexity index is 601. The lowest BCUT2D eigenvalue weighted by atomic mass is 9.88. The van der Waals surface area contributed by atoms with Gasteiger partial charge in [0.2, 0.25) is 0 Å². The first-order valence-electron chi connectivity index (χ1n) is 8.75. The van der Waals surface area contributed by atoms with Crippen LogP contribution in [0.2, 0.25) is 0 Å². The van der Waals surface area contributed by atoms with Gasteiger partial charge in [-0.1, -0.05) is 38.1 Å². The molecule has 0 aliphatic rings. The normalized spacial score (nSPS) is 14.1. The van der Waals surface area contributed by atoms with E-state index in [4.69, 9.17) is 4.74 Å². The Balaban J connectivity index is 3.25. The summed E-state index contributed by atoms with van der Waals surface area (Å²) in [4.78, 5) is 25.9. The Hall–Kier alpha value is -2.04. The maximum Gasteiger partial charge on any atom is 0.411 e. The molecule has 25 heavy (non-hydrogen) atoms. The van der Waals surface area contributed by atoms with E-state index in [9.17, 15) is 14.7 Å². The van der Waals surface area contributed by atoms with Crippen LogP contribution in [-0.4, -0.2) is 34.2 Å². The third-order valence-corrected chi connectivity index (χ3v) is 4.05. The molecule has 0 saturated heterocycles. The summed E-state index contributed by atoms with van der Waals surface area (Å²) < 4.78 is 5.41. The minimum Gasteiger partial charge on any atom is -0.479 e. The molecule has 0 heterocycles. The number of likely N-dealkylation sites (N-methyl/N-ethyl adjacent to an activating group) is 1. The van der Waals surface area contributed by atoms with Crippen molar-refractivity contribution < 1.29 is 19.4 Å². The Morgan fingerprint density at radius 1 is 1.12 bits per heavy atom. The van der Waals surface area contributed by atoms with E-state index in [1.54, 1.807) is 46.8 Å². The number of carbonyl (C=O) groups excluding carboxylic acids is 1. The molecule has 0 spiro atoms. The van der Waals surface area contributed by atoms with Crippen LogP contribution in [0.4, 0.5) is 4.79 Å². The molecule has 0 radical (unpaired) electrons. The molecule has 0 fully saturated rings. The molecule has 5 nitrogen and oxygen atoms in total. The number of hydrogen-bond acceptors (Lipinski definition) is 3. The van der Waals surface area contributed by atoms with Gasteiger partial charge >= 0.3 is 12.1 Å². The van der Waals surface area contributed by atoms with Gasteiger partial charge in [0.25, 0.3) is 0 Å². The van der Waals surface area contributed by atoms with E-state index in [1.165, 1.54) is 4.90 Å². The summed E-state index contributed by atoms with van der Waals surface area (Å²) in [5.41, 5.74) is -0.481. The second kappa shape index (κ2) is 7.89. The lowest BCUT2D eigenvalue weighted by molar-refractivity contribution is -0.150. The average molecular weight is 349 g/mol. The number of carboxylic acid groups (broad SMARTS) is 1. The number of benzene rings is 1. The summed E-state index contributed by atoms with van der Waals surface area (Å²) in [6, 6.07) is 7.44. The smallest absolute Gasteiger partial charge is 0.411 e. The molecule has 1 aromatic carbocycles. The Kier molecular flexibility index (Phi) is 6.63. The zero-order chi connectivity index (χ0) is 19.4. The van der Waals surface area contributed by atoms with Crippen molar-refractivity contribution in [1.29, 1.82) is 0 Å².